The van der Waals surface area contributed by atoms with Crippen LogP contribution in [0.25, 0.3) is 0 Å². The van der Waals surface area contributed by atoms with E-state index in [4.69, 9.17) is 9.47 Å². The smallest absolute Gasteiger partial charge is 0.410 e. The number of unbranched alkanes of at least 4 members (excludes halogenated alkanes) is 1. The molecule has 22 heavy (non-hydrogen) atoms. The highest BCUT2D eigenvalue weighted by Gasteiger charge is 2.65. The zero-order chi connectivity index (χ0) is 15.9. The molecule has 1 amide bonds. The lowest BCUT2D eigenvalue weighted by Crippen LogP contribution is -2.65. The molecule has 2 bridgehead atoms. The van der Waals surface area contributed by atoms with Crippen molar-refractivity contribution in [2.45, 2.75) is 63.1 Å². The van der Waals surface area contributed by atoms with Gasteiger partial charge >= 0.3 is 12.1 Å². The molecule has 0 saturated carbocycles. The van der Waals surface area contributed by atoms with Crippen LogP contribution in [0.4, 0.5) is 4.79 Å². The Labute approximate surface area is 145 Å². The van der Waals surface area contributed by atoms with Gasteiger partial charge in [-0.05, 0) is 19.3 Å². The molecule has 3 rings (SSSR count). The normalized spacial score (nSPS) is 39.6. The molecule has 3 aliphatic heterocycles. The summed E-state index contributed by atoms with van der Waals surface area (Å²) in [6.07, 6.45) is 5.32. The third-order valence-electron chi connectivity index (χ3n) is 5.86. The van der Waals surface area contributed by atoms with Gasteiger partial charge in [-0.2, -0.15) is 0 Å². The highest BCUT2D eigenvalue weighted by atomic mass is 127. The molecule has 0 aromatic rings. The summed E-state index contributed by atoms with van der Waals surface area (Å²) in [5.41, 5.74) is -0.194. The number of alkyl halides is 1. The van der Waals surface area contributed by atoms with Gasteiger partial charge in [0.15, 0.2) is 0 Å². The lowest BCUT2D eigenvalue weighted by molar-refractivity contribution is -0.148. The summed E-state index contributed by atoms with van der Waals surface area (Å²) in [6, 6.07) is 0.0972. The second-order valence-corrected chi connectivity index (χ2v) is 7.62. The molecule has 5 atom stereocenters. The molecular weight excluding hydrogens is 397 g/mol. The van der Waals surface area contributed by atoms with Gasteiger partial charge in [-0.3, -0.25) is 9.69 Å². The van der Waals surface area contributed by atoms with E-state index in [0.29, 0.717) is 6.42 Å². The summed E-state index contributed by atoms with van der Waals surface area (Å²) >= 11 is 2.38. The van der Waals surface area contributed by atoms with Crippen LogP contribution < -0.4 is 0 Å². The van der Waals surface area contributed by atoms with E-state index in [2.05, 4.69) is 29.5 Å². The predicted octanol–water partition coefficient (Wildman–Crippen LogP) is 3.14. The van der Waals surface area contributed by atoms with Crippen molar-refractivity contribution in [1.82, 2.24) is 4.90 Å². The molecule has 0 unspecified atom stereocenters. The lowest BCUT2D eigenvalue weighted by atomic mass is 9.71. The van der Waals surface area contributed by atoms with Crippen LogP contribution in [-0.4, -0.2) is 46.2 Å². The summed E-state index contributed by atoms with van der Waals surface area (Å²) in [7, 11) is 1.46. The van der Waals surface area contributed by atoms with Crippen LogP contribution >= 0.6 is 22.6 Å². The third kappa shape index (κ3) is 2.24. The van der Waals surface area contributed by atoms with Gasteiger partial charge in [0.05, 0.1) is 19.1 Å². The highest BCUT2D eigenvalue weighted by Crippen LogP contribution is 2.56. The average molecular weight is 421 g/mol. The zero-order valence-electron chi connectivity index (χ0n) is 13.2. The third-order valence-corrected chi connectivity index (χ3v) is 6.81. The molecular formula is C16H24INO4. The number of carbonyl (C=O) groups is 2. The van der Waals surface area contributed by atoms with Crippen molar-refractivity contribution < 1.29 is 19.1 Å². The van der Waals surface area contributed by atoms with Crippen molar-refractivity contribution in [1.29, 1.82) is 0 Å². The largest absolute Gasteiger partial charge is 0.462 e. The van der Waals surface area contributed by atoms with E-state index in [1.807, 2.05) is 4.90 Å². The summed E-state index contributed by atoms with van der Waals surface area (Å²) in [5, 5.41) is 0. The minimum Gasteiger partial charge on any atom is -0.462 e. The van der Waals surface area contributed by atoms with Crippen LogP contribution in [0.1, 0.15) is 45.4 Å². The summed E-state index contributed by atoms with van der Waals surface area (Å²) < 4.78 is 11.7. The Hall–Kier alpha value is -0.530. The maximum absolute atomic E-state index is 12.5. The molecule has 3 heterocycles. The van der Waals surface area contributed by atoms with Crippen LogP contribution in [0.5, 0.6) is 0 Å². The molecule has 0 radical (unpaired) electrons. The van der Waals surface area contributed by atoms with E-state index in [-0.39, 0.29) is 41.6 Å². The zero-order valence-corrected chi connectivity index (χ0v) is 15.4. The fraction of sp³-hybridized carbons (Fsp3) is 0.875. The molecule has 3 fully saturated rings. The molecule has 0 aromatic heterocycles. The fourth-order valence-electron chi connectivity index (χ4n) is 4.95. The Morgan fingerprint density at radius 2 is 2.32 bits per heavy atom. The Bertz CT molecular complexity index is 471. The number of hydrogen-bond acceptors (Lipinski definition) is 4. The van der Waals surface area contributed by atoms with Gasteiger partial charge < -0.3 is 9.47 Å². The Balaban J connectivity index is 2.01. The standard InChI is InChI=1S/C16H24INO4/c1-3-4-6-16-7-5-12(18(16)15(20)21-2)10-8-13(19)22-14(10)11(16)9-17/h10-12,14H,3-9H2,1-2H3/t10-,11-,12-,14-,16-/m0/s1. The summed E-state index contributed by atoms with van der Waals surface area (Å²) in [4.78, 5) is 26.4. The molecule has 3 saturated heterocycles. The highest BCUT2D eigenvalue weighted by molar-refractivity contribution is 14.1. The molecule has 6 heteroatoms. The Morgan fingerprint density at radius 3 is 2.95 bits per heavy atom. The van der Waals surface area contributed by atoms with E-state index in [9.17, 15) is 9.59 Å². The van der Waals surface area contributed by atoms with Crippen LogP contribution in [0, 0.1) is 11.8 Å². The van der Waals surface area contributed by atoms with E-state index in [1.165, 1.54) is 7.11 Å². The van der Waals surface area contributed by atoms with E-state index in [0.717, 1.165) is 36.5 Å². The first kappa shape index (κ1) is 16.3. The first-order valence-corrected chi connectivity index (χ1v) is 9.74. The number of carbonyl (C=O) groups excluding carboxylic acids is 2. The minimum absolute atomic E-state index is 0.0188. The number of halogens is 1. The number of rotatable bonds is 4. The van der Waals surface area contributed by atoms with E-state index in [1.54, 1.807) is 0 Å². The number of piperidine rings is 1. The Kier molecular flexibility index (Phi) is 4.58. The maximum Gasteiger partial charge on any atom is 0.410 e. The predicted molar refractivity (Wildman–Crippen MR) is 89.9 cm³/mol. The van der Waals surface area contributed by atoms with Gasteiger partial charge in [0.1, 0.15) is 6.10 Å². The summed E-state index contributed by atoms with van der Waals surface area (Å²) in [5.74, 6) is 0.255. The monoisotopic (exact) mass is 421 g/mol. The first-order chi connectivity index (χ1) is 10.6. The van der Waals surface area contributed by atoms with Crippen LogP contribution in [0.15, 0.2) is 0 Å². The molecule has 3 aliphatic rings. The van der Waals surface area contributed by atoms with Crippen LogP contribution in [0.2, 0.25) is 0 Å². The molecule has 0 aliphatic carbocycles. The van der Waals surface area contributed by atoms with E-state index >= 15 is 0 Å². The average Bonchev–Trinajstić information content (AvgIpc) is 3.04. The molecule has 124 valence electrons. The lowest BCUT2D eigenvalue weighted by Gasteiger charge is -2.52. The molecule has 5 nitrogen and oxygen atoms in total. The van der Waals surface area contributed by atoms with Gasteiger partial charge in [-0.15, -0.1) is 0 Å². The first-order valence-electron chi connectivity index (χ1n) is 8.21. The minimum atomic E-state index is -0.230. The SMILES string of the molecule is CCCC[C@]12CC[C@@H]([C@@H]3CC(=O)O[C@@H]3[C@@H]1CI)N2C(=O)OC. The number of ether oxygens (including phenoxy) is 2. The fourth-order valence-corrected chi connectivity index (χ4v) is 6.27. The second kappa shape index (κ2) is 6.17. The summed E-state index contributed by atoms with van der Waals surface area (Å²) in [6.45, 7) is 2.17. The van der Waals surface area contributed by atoms with Gasteiger partial charge in [0.2, 0.25) is 0 Å². The van der Waals surface area contributed by atoms with Crippen molar-refractivity contribution in [3.63, 3.8) is 0 Å². The van der Waals surface area contributed by atoms with Crippen LogP contribution in [-0.2, 0) is 14.3 Å². The van der Waals surface area contributed by atoms with Crippen molar-refractivity contribution in [2.75, 3.05) is 11.5 Å². The van der Waals surface area contributed by atoms with Crippen LogP contribution in [0.3, 0.4) is 0 Å². The molecule has 0 spiro atoms. The topological polar surface area (TPSA) is 55.8 Å². The second-order valence-electron chi connectivity index (χ2n) is 6.74. The van der Waals surface area contributed by atoms with Crippen molar-refractivity contribution in [3.05, 3.63) is 0 Å². The van der Waals surface area contributed by atoms with Crippen molar-refractivity contribution in [3.8, 4) is 0 Å². The van der Waals surface area contributed by atoms with Gasteiger partial charge in [0.25, 0.3) is 0 Å². The number of amides is 1. The van der Waals surface area contributed by atoms with Gasteiger partial charge in [-0.1, -0.05) is 42.4 Å². The molecule has 0 N–H and O–H groups in total. The quantitative estimate of drug-likeness (QED) is 0.398. The molecule has 0 aromatic carbocycles. The van der Waals surface area contributed by atoms with E-state index < -0.39 is 0 Å². The van der Waals surface area contributed by atoms with Crippen molar-refractivity contribution >= 4 is 34.7 Å². The number of methoxy groups -OCH3 is 1. The Morgan fingerprint density at radius 1 is 1.55 bits per heavy atom. The maximum atomic E-state index is 12.5. The number of nitrogens with zero attached hydrogens (tertiary/aromatic N) is 1. The number of hydrogen-bond donors (Lipinski definition) is 0. The van der Waals surface area contributed by atoms with Gasteiger partial charge in [-0.25, -0.2) is 4.79 Å². The van der Waals surface area contributed by atoms with Crippen molar-refractivity contribution in [2.24, 2.45) is 11.8 Å². The number of fused-ring (bicyclic) bond motifs is 4. The van der Waals surface area contributed by atoms with Gasteiger partial charge in [0, 0.05) is 22.3 Å². The number of esters is 1.